The number of hydrogen-bond donors (Lipinski definition) is 1. The van der Waals surface area contributed by atoms with E-state index in [4.69, 9.17) is 0 Å². The van der Waals surface area contributed by atoms with E-state index < -0.39 is 12.7 Å². The van der Waals surface area contributed by atoms with Crippen LogP contribution in [0.25, 0.3) is 0 Å². The van der Waals surface area contributed by atoms with Gasteiger partial charge in [-0.2, -0.15) is 13.2 Å². The van der Waals surface area contributed by atoms with Crippen LogP contribution in [0.3, 0.4) is 0 Å². The smallest absolute Gasteiger partial charge is 0.320 e. The molecular formula is C11H21F3N2. The molecule has 16 heavy (non-hydrogen) atoms. The van der Waals surface area contributed by atoms with Gasteiger partial charge in [-0.25, -0.2) is 0 Å². The molecule has 1 aliphatic rings. The zero-order valence-electron chi connectivity index (χ0n) is 9.98. The van der Waals surface area contributed by atoms with E-state index in [-0.39, 0.29) is 12.1 Å². The van der Waals surface area contributed by atoms with Crippen LogP contribution in [0.5, 0.6) is 0 Å². The van der Waals surface area contributed by atoms with Gasteiger partial charge in [0.05, 0.1) is 6.54 Å². The quantitative estimate of drug-likeness (QED) is 0.685. The van der Waals surface area contributed by atoms with Gasteiger partial charge in [0, 0.05) is 12.1 Å². The van der Waals surface area contributed by atoms with Crippen LogP contribution in [0, 0.1) is 0 Å². The first kappa shape index (κ1) is 13.8. The zero-order chi connectivity index (χ0) is 12.2. The standard InChI is InChI=1S/C11H21F3N2/c1-9(4-3-7-15-2)16(10-5-6-10)8-11(12,13)14/h9-10,15H,3-8H2,1-2H3. The second-order valence-electron chi connectivity index (χ2n) is 4.61. The van der Waals surface area contributed by atoms with Gasteiger partial charge >= 0.3 is 6.18 Å². The summed E-state index contributed by atoms with van der Waals surface area (Å²) < 4.78 is 37.2. The lowest BCUT2D eigenvalue weighted by Crippen LogP contribution is -2.42. The maximum atomic E-state index is 12.4. The van der Waals surface area contributed by atoms with Gasteiger partial charge in [-0.1, -0.05) is 0 Å². The average molecular weight is 238 g/mol. The number of hydrogen-bond acceptors (Lipinski definition) is 2. The summed E-state index contributed by atoms with van der Waals surface area (Å²) in [6, 6.07) is 0.202. The van der Waals surface area contributed by atoms with Crippen LogP contribution in [-0.2, 0) is 0 Å². The van der Waals surface area contributed by atoms with Gasteiger partial charge < -0.3 is 5.32 Å². The van der Waals surface area contributed by atoms with Gasteiger partial charge in [-0.15, -0.1) is 0 Å². The Balaban J connectivity index is 2.36. The Kier molecular flexibility index (Phi) is 5.05. The summed E-state index contributed by atoms with van der Waals surface area (Å²) >= 11 is 0. The minimum atomic E-state index is -4.07. The Hall–Kier alpha value is -0.290. The summed E-state index contributed by atoms with van der Waals surface area (Å²) in [7, 11) is 1.86. The molecule has 96 valence electrons. The van der Waals surface area contributed by atoms with Crippen molar-refractivity contribution in [3.63, 3.8) is 0 Å². The largest absolute Gasteiger partial charge is 0.401 e. The third-order valence-corrected chi connectivity index (χ3v) is 2.99. The van der Waals surface area contributed by atoms with E-state index in [0.29, 0.717) is 0 Å². The summed E-state index contributed by atoms with van der Waals surface area (Å²) in [5, 5.41) is 3.01. The predicted octanol–water partition coefficient (Wildman–Crippen LogP) is 2.40. The van der Waals surface area contributed by atoms with Crippen LogP contribution in [0.1, 0.15) is 32.6 Å². The van der Waals surface area contributed by atoms with Crippen molar-refractivity contribution in [1.29, 1.82) is 0 Å². The molecule has 1 N–H and O–H groups in total. The minimum Gasteiger partial charge on any atom is -0.320 e. The highest BCUT2D eigenvalue weighted by Crippen LogP contribution is 2.32. The average Bonchev–Trinajstić information content (AvgIpc) is 2.96. The fourth-order valence-corrected chi connectivity index (χ4v) is 2.00. The first-order valence-corrected chi connectivity index (χ1v) is 5.91. The van der Waals surface area contributed by atoms with E-state index in [1.165, 1.54) is 0 Å². The van der Waals surface area contributed by atoms with Crippen LogP contribution < -0.4 is 5.32 Å². The topological polar surface area (TPSA) is 15.3 Å². The van der Waals surface area contributed by atoms with Crippen LogP contribution in [-0.4, -0.2) is 43.3 Å². The zero-order valence-corrected chi connectivity index (χ0v) is 9.98. The van der Waals surface area contributed by atoms with Crippen molar-refractivity contribution in [2.45, 2.75) is 50.9 Å². The van der Waals surface area contributed by atoms with Crippen LogP contribution in [0.15, 0.2) is 0 Å². The molecule has 0 heterocycles. The first-order valence-electron chi connectivity index (χ1n) is 5.91. The van der Waals surface area contributed by atoms with Gasteiger partial charge in [0.1, 0.15) is 0 Å². The van der Waals surface area contributed by atoms with E-state index >= 15 is 0 Å². The van der Waals surface area contributed by atoms with Crippen molar-refractivity contribution in [2.24, 2.45) is 0 Å². The van der Waals surface area contributed by atoms with Gasteiger partial charge in [0.25, 0.3) is 0 Å². The van der Waals surface area contributed by atoms with E-state index in [0.717, 1.165) is 32.2 Å². The molecular weight excluding hydrogens is 217 g/mol. The molecule has 1 rings (SSSR count). The molecule has 0 aromatic rings. The van der Waals surface area contributed by atoms with Gasteiger partial charge in [0.2, 0.25) is 0 Å². The third-order valence-electron chi connectivity index (χ3n) is 2.99. The normalized spacial score (nSPS) is 19.1. The van der Waals surface area contributed by atoms with Gasteiger partial charge in [-0.3, -0.25) is 4.90 Å². The number of nitrogens with one attached hydrogen (secondary N) is 1. The molecule has 0 bridgehead atoms. The molecule has 1 saturated carbocycles. The Morgan fingerprint density at radius 2 is 2.00 bits per heavy atom. The van der Waals surface area contributed by atoms with E-state index in [1.54, 1.807) is 4.90 Å². The van der Waals surface area contributed by atoms with Crippen molar-refractivity contribution in [3.05, 3.63) is 0 Å². The number of nitrogens with zero attached hydrogens (tertiary/aromatic N) is 1. The molecule has 1 unspecified atom stereocenters. The number of halogens is 3. The molecule has 0 saturated heterocycles. The second kappa shape index (κ2) is 5.87. The van der Waals surface area contributed by atoms with E-state index in [2.05, 4.69) is 5.32 Å². The van der Waals surface area contributed by atoms with Crippen molar-refractivity contribution in [3.8, 4) is 0 Å². The maximum Gasteiger partial charge on any atom is 0.401 e. The van der Waals surface area contributed by atoms with Crippen molar-refractivity contribution < 1.29 is 13.2 Å². The molecule has 0 aromatic carbocycles. The van der Waals surface area contributed by atoms with Crippen LogP contribution in [0.2, 0.25) is 0 Å². The minimum absolute atomic E-state index is 0.0301. The highest BCUT2D eigenvalue weighted by molar-refractivity contribution is 4.88. The fourth-order valence-electron chi connectivity index (χ4n) is 2.00. The summed E-state index contributed by atoms with van der Waals surface area (Å²) in [4.78, 5) is 1.62. The Bertz CT molecular complexity index is 202. The molecule has 1 atom stereocenters. The third kappa shape index (κ3) is 5.16. The van der Waals surface area contributed by atoms with Crippen LogP contribution in [0.4, 0.5) is 13.2 Å². The molecule has 0 radical (unpaired) electrons. The lowest BCUT2D eigenvalue weighted by molar-refractivity contribution is -0.152. The lowest BCUT2D eigenvalue weighted by Gasteiger charge is -2.30. The summed E-state index contributed by atoms with van der Waals surface area (Å²) in [6.07, 6.45) is -0.467. The van der Waals surface area contributed by atoms with E-state index in [9.17, 15) is 13.2 Å². The molecule has 1 aliphatic carbocycles. The SMILES string of the molecule is CNCCCC(C)N(CC(F)(F)F)C1CC1. The molecule has 2 nitrogen and oxygen atoms in total. The summed E-state index contributed by atoms with van der Waals surface area (Å²) in [5.41, 5.74) is 0. The molecule has 0 spiro atoms. The van der Waals surface area contributed by atoms with Gasteiger partial charge in [-0.05, 0) is 46.2 Å². The molecule has 0 amide bonds. The van der Waals surface area contributed by atoms with Gasteiger partial charge in [0.15, 0.2) is 0 Å². The monoisotopic (exact) mass is 238 g/mol. The summed E-state index contributed by atoms with van der Waals surface area (Å²) in [6.45, 7) is 2.02. The Morgan fingerprint density at radius 1 is 1.38 bits per heavy atom. The molecule has 5 heteroatoms. The maximum absolute atomic E-state index is 12.4. The molecule has 1 fully saturated rings. The Morgan fingerprint density at radius 3 is 2.44 bits per heavy atom. The molecule has 0 aliphatic heterocycles. The fraction of sp³-hybridized carbons (Fsp3) is 1.00. The highest BCUT2D eigenvalue weighted by atomic mass is 19.4. The number of rotatable bonds is 7. The first-order chi connectivity index (χ1) is 7.44. The summed E-state index contributed by atoms with van der Waals surface area (Å²) in [5.74, 6) is 0. The lowest BCUT2D eigenvalue weighted by atomic mass is 10.1. The van der Waals surface area contributed by atoms with Crippen LogP contribution >= 0.6 is 0 Å². The van der Waals surface area contributed by atoms with Crippen molar-refractivity contribution in [2.75, 3.05) is 20.1 Å². The predicted molar refractivity (Wildman–Crippen MR) is 58.4 cm³/mol. The molecule has 0 aromatic heterocycles. The second-order valence-corrected chi connectivity index (χ2v) is 4.61. The van der Waals surface area contributed by atoms with Crippen molar-refractivity contribution >= 4 is 0 Å². The van der Waals surface area contributed by atoms with E-state index in [1.807, 2.05) is 14.0 Å². The number of alkyl halides is 3. The highest BCUT2D eigenvalue weighted by Gasteiger charge is 2.39. The Labute approximate surface area is 95.2 Å². The van der Waals surface area contributed by atoms with Crippen molar-refractivity contribution in [1.82, 2.24) is 10.2 Å².